The van der Waals surface area contributed by atoms with Gasteiger partial charge >= 0.3 is 0 Å². The van der Waals surface area contributed by atoms with Crippen LogP contribution < -0.4 is 5.32 Å². The summed E-state index contributed by atoms with van der Waals surface area (Å²) in [4.78, 5) is 0. The van der Waals surface area contributed by atoms with Gasteiger partial charge in [-0.15, -0.1) is 0 Å². The van der Waals surface area contributed by atoms with Gasteiger partial charge in [-0.3, -0.25) is 0 Å². The van der Waals surface area contributed by atoms with Crippen molar-refractivity contribution in [2.45, 2.75) is 52.5 Å². The molecular weight excluding hydrogens is 226 g/mol. The molecule has 0 aromatic heterocycles. The first-order chi connectivity index (χ1) is 8.68. The van der Waals surface area contributed by atoms with Crippen LogP contribution in [0.5, 0.6) is 0 Å². The average Bonchev–Trinajstić information content (AvgIpc) is 2.37. The van der Waals surface area contributed by atoms with Crippen LogP contribution in [0.1, 0.15) is 46.5 Å². The Hall–Kier alpha value is -0.120. The summed E-state index contributed by atoms with van der Waals surface area (Å²) in [5.74, 6) is 1.52. The summed E-state index contributed by atoms with van der Waals surface area (Å²) in [7, 11) is 0. The van der Waals surface area contributed by atoms with Crippen molar-refractivity contribution in [3.8, 4) is 0 Å². The van der Waals surface area contributed by atoms with E-state index in [4.69, 9.17) is 9.47 Å². The second kappa shape index (κ2) is 9.76. The van der Waals surface area contributed by atoms with E-state index in [0.29, 0.717) is 6.04 Å². The van der Waals surface area contributed by atoms with Crippen LogP contribution in [0.25, 0.3) is 0 Å². The summed E-state index contributed by atoms with van der Waals surface area (Å²) in [5.41, 5.74) is 0. The predicted octanol–water partition coefficient (Wildman–Crippen LogP) is 2.84. The van der Waals surface area contributed by atoms with Crippen LogP contribution >= 0.6 is 0 Å². The fourth-order valence-corrected chi connectivity index (χ4v) is 2.23. The van der Waals surface area contributed by atoms with Crippen LogP contribution in [0.3, 0.4) is 0 Å². The van der Waals surface area contributed by atoms with Gasteiger partial charge in [-0.1, -0.05) is 13.8 Å². The van der Waals surface area contributed by atoms with E-state index in [1.54, 1.807) is 0 Å². The predicted molar refractivity (Wildman–Crippen MR) is 75.9 cm³/mol. The molecule has 0 amide bonds. The van der Waals surface area contributed by atoms with Crippen LogP contribution in [0.4, 0.5) is 0 Å². The van der Waals surface area contributed by atoms with Crippen LogP contribution in [0, 0.1) is 11.8 Å². The third kappa shape index (κ3) is 8.06. The third-order valence-electron chi connectivity index (χ3n) is 3.61. The van der Waals surface area contributed by atoms with Gasteiger partial charge in [-0.05, 0) is 44.4 Å². The molecule has 3 heteroatoms. The molecule has 1 unspecified atom stereocenters. The normalized spacial score (nSPS) is 19.3. The first kappa shape index (κ1) is 15.9. The molecule has 1 atom stereocenters. The van der Waals surface area contributed by atoms with Crippen LogP contribution in [-0.2, 0) is 9.47 Å². The molecule has 0 spiro atoms. The van der Waals surface area contributed by atoms with Crippen LogP contribution in [-0.4, -0.2) is 39.0 Å². The van der Waals surface area contributed by atoms with E-state index in [1.807, 2.05) is 0 Å². The highest BCUT2D eigenvalue weighted by Gasteiger charge is 2.13. The Bertz CT molecular complexity index is 191. The Labute approximate surface area is 113 Å². The minimum absolute atomic E-state index is 0.610. The van der Waals surface area contributed by atoms with E-state index in [0.717, 1.165) is 57.6 Å². The summed E-state index contributed by atoms with van der Waals surface area (Å²) >= 11 is 0. The molecule has 1 saturated heterocycles. The molecule has 0 saturated carbocycles. The largest absolute Gasteiger partial charge is 0.381 e. The summed E-state index contributed by atoms with van der Waals surface area (Å²) in [6, 6.07) is 0.610. The van der Waals surface area contributed by atoms with Crippen molar-refractivity contribution in [1.82, 2.24) is 5.32 Å². The summed E-state index contributed by atoms with van der Waals surface area (Å²) < 4.78 is 11.1. The monoisotopic (exact) mass is 257 g/mol. The maximum Gasteiger partial charge on any atom is 0.0591 e. The molecule has 108 valence electrons. The molecular formula is C15H31NO2. The summed E-state index contributed by atoms with van der Waals surface area (Å²) in [5, 5.41) is 3.53. The lowest BCUT2D eigenvalue weighted by Crippen LogP contribution is -2.30. The number of hydrogen-bond donors (Lipinski definition) is 1. The van der Waals surface area contributed by atoms with Crippen molar-refractivity contribution in [2.24, 2.45) is 11.8 Å². The first-order valence-electron chi connectivity index (χ1n) is 7.57. The van der Waals surface area contributed by atoms with Crippen LogP contribution in [0.2, 0.25) is 0 Å². The van der Waals surface area contributed by atoms with Gasteiger partial charge in [0.05, 0.1) is 6.61 Å². The second-order valence-corrected chi connectivity index (χ2v) is 5.96. The van der Waals surface area contributed by atoms with Gasteiger partial charge in [-0.25, -0.2) is 0 Å². The van der Waals surface area contributed by atoms with Crippen molar-refractivity contribution in [1.29, 1.82) is 0 Å². The van der Waals surface area contributed by atoms with Gasteiger partial charge in [0.2, 0.25) is 0 Å². The zero-order valence-corrected chi connectivity index (χ0v) is 12.4. The van der Waals surface area contributed by atoms with E-state index < -0.39 is 0 Å². The van der Waals surface area contributed by atoms with Crippen molar-refractivity contribution in [3.05, 3.63) is 0 Å². The fraction of sp³-hybridized carbons (Fsp3) is 1.00. The Morgan fingerprint density at radius 2 is 1.89 bits per heavy atom. The summed E-state index contributed by atoms with van der Waals surface area (Å²) in [6.45, 7) is 11.4. The number of ether oxygens (including phenoxy) is 2. The third-order valence-corrected chi connectivity index (χ3v) is 3.61. The lowest BCUT2D eigenvalue weighted by Gasteiger charge is -2.22. The maximum atomic E-state index is 5.73. The van der Waals surface area contributed by atoms with E-state index in [-0.39, 0.29) is 0 Å². The van der Waals surface area contributed by atoms with Gasteiger partial charge in [0.25, 0.3) is 0 Å². The van der Waals surface area contributed by atoms with Gasteiger partial charge in [0.1, 0.15) is 0 Å². The molecule has 0 bridgehead atoms. The highest BCUT2D eigenvalue weighted by atomic mass is 16.5. The summed E-state index contributed by atoms with van der Waals surface area (Å²) in [6.07, 6.45) is 4.89. The molecule has 0 radical (unpaired) electrons. The van der Waals surface area contributed by atoms with Gasteiger partial charge in [0, 0.05) is 32.4 Å². The molecule has 18 heavy (non-hydrogen) atoms. The zero-order valence-electron chi connectivity index (χ0n) is 12.4. The Kier molecular flexibility index (Phi) is 8.64. The van der Waals surface area contributed by atoms with Gasteiger partial charge < -0.3 is 14.8 Å². The molecule has 0 aliphatic carbocycles. The maximum absolute atomic E-state index is 5.73. The van der Waals surface area contributed by atoms with Crippen LogP contribution in [0.15, 0.2) is 0 Å². The van der Waals surface area contributed by atoms with Crippen molar-refractivity contribution < 1.29 is 9.47 Å². The molecule has 1 aliphatic rings. The van der Waals surface area contributed by atoms with Crippen molar-refractivity contribution in [3.63, 3.8) is 0 Å². The van der Waals surface area contributed by atoms with E-state index in [9.17, 15) is 0 Å². The highest BCUT2D eigenvalue weighted by Crippen LogP contribution is 2.14. The molecule has 1 fully saturated rings. The Morgan fingerprint density at radius 1 is 1.17 bits per heavy atom. The lowest BCUT2D eigenvalue weighted by atomic mass is 10.0. The average molecular weight is 257 g/mol. The van der Waals surface area contributed by atoms with E-state index >= 15 is 0 Å². The highest BCUT2D eigenvalue weighted by molar-refractivity contribution is 4.64. The molecule has 1 N–H and O–H groups in total. The molecule has 1 rings (SSSR count). The number of hydrogen-bond acceptors (Lipinski definition) is 3. The first-order valence-corrected chi connectivity index (χ1v) is 7.57. The van der Waals surface area contributed by atoms with Gasteiger partial charge in [0.15, 0.2) is 0 Å². The smallest absolute Gasteiger partial charge is 0.0591 e. The quantitative estimate of drug-likeness (QED) is 0.644. The van der Waals surface area contributed by atoms with Crippen molar-refractivity contribution >= 4 is 0 Å². The number of nitrogens with one attached hydrogen (secondary N) is 1. The topological polar surface area (TPSA) is 30.5 Å². The van der Waals surface area contributed by atoms with Gasteiger partial charge in [-0.2, -0.15) is 0 Å². The SMILES string of the molecule is CC(C)CCC(C)NCCOCC1CCOCC1. The fourth-order valence-electron chi connectivity index (χ4n) is 2.23. The standard InChI is InChI=1S/C15H31NO2/c1-13(2)4-5-14(3)16-8-11-18-12-15-6-9-17-10-7-15/h13-16H,4-12H2,1-3H3. The van der Waals surface area contributed by atoms with E-state index in [1.165, 1.54) is 12.8 Å². The molecule has 1 aliphatic heterocycles. The molecule has 0 aromatic rings. The second-order valence-electron chi connectivity index (χ2n) is 5.96. The van der Waals surface area contributed by atoms with Crippen molar-refractivity contribution in [2.75, 3.05) is 33.0 Å². The Morgan fingerprint density at radius 3 is 2.56 bits per heavy atom. The van der Waals surface area contributed by atoms with E-state index in [2.05, 4.69) is 26.1 Å². The molecule has 3 nitrogen and oxygen atoms in total. The number of rotatable bonds is 9. The minimum Gasteiger partial charge on any atom is -0.381 e. The minimum atomic E-state index is 0.610. The zero-order chi connectivity index (χ0) is 13.2. The molecule has 1 heterocycles. The Balaban J connectivity index is 1.88. The lowest BCUT2D eigenvalue weighted by molar-refractivity contribution is 0.0211. The molecule has 0 aromatic carbocycles.